The van der Waals surface area contributed by atoms with Crippen molar-refractivity contribution in [3.8, 4) is 0 Å². The topological polar surface area (TPSA) is 384 Å². The molecule has 2 aromatic rings. The van der Waals surface area contributed by atoms with Crippen molar-refractivity contribution >= 4 is 69.1 Å². The molecule has 0 aromatic carbocycles. The van der Waals surface area contributed by atoms with Crippen molar-refractivity contribution in [3.05, 3.63) is 12.7 Å². The molecular weight excluding hydrogens is 823 g/mol. The number of aliphatic hydroxyl groups excluding tert-OH is 3. The van der Waals surface area contributed by atoms with Crippen molar-refractivity contribution in [1.29, 1.82) is 0 Å². The number of nitrogens with one attached hydrogen (secondary N) is 2. The lowest BCUT2D eigenvalue weighted by Crippen LogP contribution is -2.46. The predicted octanol–water partition coefficient (Wildman–Crippen LogP) is -1.32. The summed E-state index contributed by atoms with van der Waals surface area (Å²) in [4.78, 5) is 87.2. The van der Waals surface area contributed by atoms with E-state index in [0.29, 0.717) is 0 Å². The van der Waals surface area contributed by atoms with E-state index in [1.807, 2.05) is 0 Å². The highest BCUT2D eigenvalue weighted by Gasteiger charge is 2.50. The van der Waals surface area contributed by atoms with Gasteiger partial charge in [-0.05, 0) is 5.92 Å². The Balaban J connectivity index is 1.50. The summed E-state index contributed by atoms with van der Waals surface area (Å²) in [6, 6.07) is 0. The zero-order chi connectivity index (χ0) is 41.5. The number of aliphatic hydroxyl groups is 3. The fraction of sp³-hybridized carbons (Fsp3) is 0.692. The molecule has 8 atom stereocenters. The minimum atomic E-state index is -5.58. The number of nitrogens with two attached hydrogens (primary N) is 1. The lowest BCUT2D eigenvalue weighted by atomic mass is 9.87. The van der Waals surface area contributed by atoms with Gasteiger partial charge in [0.1, 0.15) is 42.4 Å². The van der Waals surface area contributed by atoms with Crippen LogP contribution in [-0.2, 0) is 50.7 Å². The van der Waals surface area contributed by atoms with E-state index in [4.69, 9.17) is 19.5 Å². The van der Waals surface area contributed by atoms with E-state index in [0.717, 1.165) is 29.0 Å². The Kier molecular flexibility index (Phi) is 16.5. The molecule has 1 fully saturated rings. The zero-order valence-corrected chi connectivity index (χ0v) is 33.2. The van der Waals surface area contributed by atoms with E-state index in [2.05, 4.69) is 34.4 Å². The van der Waals surface area contributed by atoms with Crippen LogP contribution in [0.15, 0.2) is 12.7 Å². The highest BCUT2D eigenvalue weighted by Crippen LogP contribution is 2.61. The van der Waals surface area contributed by atoms with Crippen LogP contribution < -0.4 is 16.4 Å². The number of thioether (sulfide) groups is 1. The minimum absolute atomic E-state index is 0.0252. The van der Waals surface area contributed by atoms with E-state index in [9.17, 15) is 63.0 Å². The smallest absolute Gasteiger partial charge is 0.386 e. The first-order valence-electron chi connectivity index (χ1n) is 16.1. The van der Waals surface area contributed by atoms with Gasteiger partial charge in [0.25, 0.3) is 0 Å². The molecule has 1 aliphatic heterocycles. The Morgan fingerprint density at radius 2 is 1.69 bits per heavy atom. The van der Waals surface area contributed by atoms with E-state index >= 15 is 0 Å². The van der Waals surface area contributed by atoms with Crippen LogP contribution in [0, 0.1) is 11.3 Å². The monoisotopic (exact) mass is 867 g/mol. The number of phosphoric ester groups is 3. The Morgan fingerprint density at radius 3 is 2.33 bits per heavy atom. The lowest BCUT2D eigenvalue weighted by molar-refractivity contribution is -0.137. The van der Waals surface area contributed by atoms with Gasteiger partial charge in [0.15, 0.2) is 17.7 Å². The third-order valence-corrected chi connectivity index (χ3v) is 11.7. The average Bonchev–Trinajstić information content (AvgIpc) is 3.64. The number of nitrogens with zero attached hydrogens (tertiary/aromatic N) is 4. The van der Waals surface area contributed by atoms with Crippen molar-refractivity contribution in [2.45, 2.75) is 70.9 Å². The summed E-state index contributed by atoms with van der Waals surface area (Å²) in [5.74, 6) is -1.59. The second-order valence-corrected chi connectivity index (χ2v) is 18.3. The summed E-state index contributed by atoms with van der Waals surface area (Å²) in [6.07, 6.45) is -8.14. The van der Waals surface area contributed by atoms with E-state index in [1.165, 1.54) is 13.8 Å². The summed E-state index contributed by atoms with van der Waals surface area (Å²) in [6.45, 7) is 3.68. The second kappa shape index (κ2) is 19.3. The van der Waals surface area contributed by atoms with E-state index in [1.54, 1.807) is 13.8 Å². The maximum Gasteiger partial charge on any atom is 0.481 e. The van der Waals surface area contributed by atoms with Gasteiger partial charge in [0.2, 0.25) is 16.9 Å². The van der Waals surface area contributed by atoms with Crippen LogP contribution in [0.25, 0.3) is 11.2 Å². The van der Waals surface area contributed by atoms with Crippen LogP contribution in [0.5, 0.6) is 0 Å². The van der Waals surface area contributed by atoms with Gasteiger partial charge in [0.05, 0.1) is 19.5 Å². The van der Waals surface area contributed by atoms with E-state index in [-0.39, 0.29) is 48.2 Å². The minimum Gasteiger partial charge on any atom is -0.386 e. The molecule has 0 bridgehead atoms. The van der Waals surface area contributed by atoms with Crippen LogP contribution in [0.1, 0.15) is 40.3 Å². The quantitative estimate of drug-likeness (QED) is 0.0514. The number of hydrogen-bond acceptors (Lipinski definition) is 19. The lowest BCUT2D eigenvalue weighted by Gasteiger charge is -2.30. The Morgan fingerprint density at radius 1 is 1.04 bits per heavy atom. The normalized spacial score (nSPS) is 22.5. The molecule has 0 spiro atoms. The Bertz CT molecular complexity index is 1810. The molecule has 3 rings (SSSR count). The third-order valence-electron chi connectivity index (χ3n) is 7.62. The molecule has 312 valence electrons. The summed E-state index contributed by atoms with van der Waals surface area (Å²) in [7, 11) is -16.4. The number of fused-ring (bicyclic) bond motifs is 1. The number of ether oxygens (including phenoxy) is 1. The van der Waals surface area contributed by atoms with Crippen molar-refractivity contribution in [2.24, 2.45) is 11.3 Å². The SMILES string of the molecule is CC(C)C(O)C(=O)SCCNC(=O)CCNC(=O)[C@H](O)C(C)(C)COP(=O)(O)OP(=O)(O)OC[C@H]1O[C@@H](n2cnc3c(N)ncnc32)[C@H](O)[C@@H]1OP(=O)(O)O. The van der Waals surface area contributed by atoms with Gasteiger partial charge >= 0.3 is 23.5 Å². The summed E-state index contributed by atoms with van der Waals surface area (Å²) in [5, 5.41) is 35.5. The Hall–Kier alpha value is -2.48. The molecule has 55 heavy (non-hydrogen) atoms. The number of carbonyl (C=O) groups is 3. The van der Waals surface area contributed by atoms with Crippen LogP contribution in [0.2, 0.25) is 0 Å². The maximum absolute atomic E-state index is 12.7. The highest BCUT2D eigenvalue weighted by atomic mass is 32.2. The number of amides is 2. The van der Waals surface area contributed by atoms with Crippen LogP contribution in [0.3, 0.4) is 0 Å². The molecule has 0 saturated carbocycles. The maximum atomic E-state index is 12.7. The predicted molar refractivity (Wildman–Crippen MR) is 188 cm³/mol. The molecule has 11 N–H and O–H groups in total. The molecule has 3 unspecified atom stereocenters. The summed E-state index contributed by atoms with van der Waals surface area (Å²) in [5.41, 5.74) is 4.23. The molecular formula is C26H44N7O18P3S. The first kappa shape index (κ1) is 46.9. The molecule has 2 amide bonds. The number of nitrogen functional groups attached to an aromatic ring is 1. The molecule has 0 radical (unpaired) electrons. The largest absolute Gasteiger partial charge is 0.481 e. The fourth-order valence-electron chi connectivity index (χ4n) is 4.64. The first-order chi connectivity index (χ1) is 25.3. The molecule has 25 nitrogen and oxygen atoms in total. The van der Waals surface area contributed by atoms with Crippen LogP contribution in [0.4, 0.5) is 5.82 Å². The van der Waals surface area contributed by atoms with Gasteiger partial charge in [-0.15, -0.1) is 0 Å². The van der Waals surface area contributed by atoms with Gasteiger partial charge < -0.3 is 56.0 Å². The number of hydrogen-bond donors (Lipinski definition) is 10. The van der Waals surface area contributed by atoms with Crippen LogP contribution in [-0.4, -0.2) is 134 Å². The van der Waals surface area contributed by atoms with Crippen LogP contribution >= 0.6 is 35.2 Å². The number of anilines is 1. The fourth-order valence-corrected chi connectivity index (χ4v) is 8.32. The van der Waals surface area contributed by atoms with Gasteiger partial charge in [0, 0.05) is 30.7 Å². The summed E-state index contributed by atoms with van der Waals surface area (Å²) >= 11 is 0.857. The number of imidazole rings is 1. The first-order valence-corrected chi connectivity index (χ1v) is 21.6. The molecule has 1 aliphatic rings. The number of phosphoric acid groups is 3. The number of carbonyl (C=O) groups excluding carboxylic acids is 3. The van der Waals surface area contributed by atoms with Gasteiger partial charge in [-0.1, -0.05) is 39.5 Å². The third kappa shape index (κ3) is 13.8. The van der Waals surface area contributed by atoms with E-state index < -0.39 is 95.8 Å². The van der Waals surface area contributed by atoms with Gasteiger partial charge in [-0.25, -0.2) is 28.6 Å². The second-order valence-electron chi connectivity index (χ2n) is 12.9. The van der Waals surface area contributed by atoms with Crippen molar-refractivity contribution in [1.82, 2.24) is 30.2 Å². The molecule has 3 heterocycles. The molecule has 2 aromatic heterocycles. The highest BCUT2D eigenvalue weighted by molar-refractivity contribution is 8.13. The molecule has 29 heteroatoms. The molecule has 0 aliphatic carbocycles. The molecule has 1 saturated heterocycles. The summed E-state index contributed by atoms with van der Waals surface area (Å²) < 4.78 is 62.0. The van der Waals surface area contributed by atoms with Crippen molar-refractivity contribution in [2.75, 3.05) is 37.8 Å². The van der Waals surface area contributed by atoms with Gasteiger partial charge in [-0.2, -0.15) is 4.31 Å². The van der Waals surface area contributed by atoms with Crippen molar-refractivity contribution in [3.63, 3.8) is 0 Å². The average molecular weight is 868 g/mol. The standard InChI is InChI=1S/C26H44N7O18P3S/c1-13(2)17(35)25(39)55-8-7-28-15(34)5-6-29-23(38)20(37)26(3,4)10-48-54(45,46)51-53(43,44)47-9-14-19(50-52(40,41)42)18(36)24(49-14)33-12-32-16-21(27)30-11-31-22(16)33/h11-14,17-20,24,35-37H,5-10H2,1-4H3,(H,28,34)(H,29,38)(H,43,44)(H,45,46)(H2,27,30,31)(H2,40,41,42)/t14-,17?,18-,19-,20+,24-/m1/s1. The number of rotatable bonds is 21. The Labute approximate surface area is 317 Å². The number of aromatic nitrogens is 4. The zero-order valence-electron chi connectivity index (χ0n) is 29.7. The van der Waals surface area contributed by atoms with Crippen molar-refractivity contribution < 1.29 is 85.6 Å². The van der Waals surface area contributed by atoms with Gasteiger partial charge in [-0.3, -0.25) is 32.5 Å².